The van der Waals surface area contributed by atoms with Gasteiger partial charge in [-0.3, -0.25) is 4.79 Å². The van der Waals surface area contributed by atoms with Crippen molar-refractivity contribution in [3.05, 3.63) is 24.5 Å². The number of amides is 1. The quantitative estimate of drug-likeness (QED) is 0.758. The summed E-state index contributed by atoms with van der Waals surface area (Å²) in [6.45, 7) is 1.82. The Morgan fingerprint density at radius 3 is 3.21 bits per heavy atom. The molecule has 0 spiro atoms. The van der Waals surface area contributed by atoms with Crippen LogP contribution in [0.4, 0.5) is 5.69 Å². The summed E-state index contributed by atoms with van der Waals surface area (Å²) in [4.78, 5) is 18.3. The first kappa shape index (κ1) is 8.74. The first-order chi connectivity index (χ1) is 6.81. The van der Waals surface area contributed by atoms with Crippen LogP contribution in [-0.4, -0.2) is 15.9 Å². The Labute approximate surface area is 81.3 Å². The van der Waals surface area contributed by atoms with E-state index in [0.29, 0.717) is 6.42 Å². The topological polar surface area (TPSA) is 57.8 Å². The largest absolute Gasteiger partial charge is 0.345 e. The predicted octanol–water partition coefficient (Wildman–Crippen LogP) is 1.91. The van der Waals surface area contributed by atoms with E-state index in [-0.39, 0.29) is 5.91 Å². The first-order valence-corrected chi connectivity index (χ1v) is 4.53. The zero-order valence-electron chi connectivity index (χ0n) is 7.87. The van der Waals surface area contributed by atoms with E-state index in [2.05, 4.69) is 15.3 Å². The Kier molecular flexibility index (Phi) is 2.18. The second kappa shape index (κ2) is 3.49. The number of rotatable bonds is 2. The van der Waals surface area contributed by atoms with Crippen LogP contribution < -0.4 is 5.32 Å². The third-order valence-electron chi connectivity index (χ3n) is 2.04. The van der Waals surface area contributed by atoms with Crippen molar-refractivity contribution in [1.29, 1.82) is 0 Å². The number of hydrogen-bond acceptors (Lipinski definition) is 2. The maximum absolute atomic E-state index is 11.2. The van der Waals surface area contributed by atoms with Gasteiger partial charge in [-0.05, 0) is 12.1 Å². The lowest BCUT2D eigenvalue weighted by Gasteiger charge is -2.03. The summed E-state index contributed by atoms with van der Waals surface area (Å²) in [5.41, 5.74) is 2.49. The maximum atomic E-state index is 11.2. The van der Waals surface area contributed by atoms with Crippen molar-refractivity contribution < 1.29 is 4.79 Å². The van der Waals surface area contributed by atoms with Crippen LogP contribution in [0.15, 0.2) is 24.5 Å². The minimum absolute atomic E-state index is 0.000463. The average molecular weight is 189 g/mol. The van der Waals surface area contributed by atoms with E-state index in [1.54, 1.807) is 6.33 Å². The number of anilines is 1. The smallest absolute Gasteiger partial charge is 0.224 e. The highest BCUT2D eigenvalue weighted by atomic mass is 16.1. The van der Waals surface area contributed by atoms with Crippen LogP contribution in [0.1, 0.15) is 13.3 Å². The predicted molar refractivity (Wildman–Crippen MR) is 55.0 cm³/mol. The van der Waals surface area contributed by atoms with E-state index in [9.17, 15) is 4.79 Å². The van der Waals surface area contributed by atoms with Crippen molar-refractivity contribution in [3.63, 3.8) is 0 Å². The average Bonchev–Trinajstić information content (AvgIpc) is 2.66. The molecule has 0 saturated heterocycles. The van der Waals surface area contributed by atoms with Crippen molar-refractivity contribution >= 4 is 22.6 Å². The van der Waals surface area contributed by atoms with Gasteiger partial charge in [-0.25, -0.2) is 4.98 Å². The molecule has 2 rings (SSSR count). The molecule has 2 N–H and O–H groups in total. The Hall–Kier alpha value is -1.84. The molecule has 1 aromatic carbocycles. The van der Waals surface area contributed by atoms with E-state index in [0.717, 1.165) is 16.7 Å². The number of para-hydroxylation sites is 1. The molecule has 72 valence electrons. The molecule has 0 fully saturated rings. The Morgan fingerprint density at radius 1 is 1.57 bits per heavy atom. The molecule has 0 unspecified atom stereocenters. The van der Waals surface area contributed by atoms with Crippen LogP contribution in [0.25, 0.3) is 11.0 Å². The summed E-state index contributed by atoms with van der Waals surface area (Å²) >= 11 is 0. The van der Waals surface area contributed by atoms with Gasteiger partial charge in [0, 0.05) is 6.42 Å². The molecule has 14 heavy (non-hydrogen) atoms. The van der Waals surface area contributed by atoms with Gasteiger partial charge in [0.05, 0.1) is 17.5 Å². The van der Waals surface area contributed by atoms with Crippen molar-refractivity contribution in [3.8, 4) is 0 Å². The van der Waals surface area contributed by atoms with Crippen LogP contribution in [-0.2, 0) is 4.79 Å². The number of H-pyrrole nitrogens is 1. The normalized spacial score (nSPS) is 10.4. The monoisotopic (exact) mass is 189 g/mol. The van der Waals surface area contributed by atoms with Crippen molar-refractivity contribution in [2.75, 3.05) is 5.32 Å². The van der Waals surface area contributed by atoms with Crippen LogP contribution in [0, 0.1) is 0 Å². The summed E-state index contributed by atoms with van der Waals surface area (Å²) in [5.74, 6) is 0.000463. The van der Waals surface area contributed by atoms with Crippen LogP contribution in [0.5, 0.6) is 0 Å². The molecule has 0 saturated carbocycles. The molecule has 0 aliphatic heterocycles. The molecule has 4 nitrogen and oxygen atoms in total. The molecule has 0 bridgehead atoms. The molecule has 0 radical (unpaired) electrons. The van der Waals surface area contributed by atoms with Gasteiger partial charge < -0.3 is 10.3 Å². The van der Waals surface area contributed by atoms with Crippen molar-refractivity contribution in [2.24, 2.45) is 0 Å². The van der Waals surface area contributed by atoms with E-state index >= 15 is 0 Å². The fourth-order valence-electron chi connectivity index (χ4n) is 1.30. The van der Waals surface area contributed by atoms with Crippen molar-refractivity contribution in [1.82, 2.24) is 9.97 Å². The summed E-state index contributed by atoms with van der Waals surface area (Å²) in [5, 5.41) is 2.80. The minimum Gasteiger partial charge on any atom is -0.345 e. The summed E-state index contributed by atoms with van der Waals surface area (Å²) in [6, 6.07) is 5.65. The molecular weight excluding hydrogens is 178 g/mol. The highest BCUT2D eigenvalue weighted by molar-refractivity contribution is 5.99. The number of hydrogen-bond donors (Lipinski definition) is 2. The molecular formula is C10H11N3O. The van der Waals surface area contributed by atoms with Gasteiger partial charge in [0.1, 0.15) is 5.52 Å². The lowest BCUT2D eigenvalue weighted by Crippen LogP contribution is -2.09. The SMILES string of the molecule is CCC(=O)Nc1cccc2[nH]cnc12. The lowest BCUT2D eigenvalue weighted by atomic mass is 10.2. The summed E-state index contributed by atoms with van der Waals surface area (Å²) < 4.78 is 0. The van der Waals surface area contributed by atoms with E-state index in [1.165, 1.54) is 0 Å². The molecule has 0 aliphatic rings. The van der Waals surface area contributed by atoms with E-state index < -0.39 is 0 Å². The molecule has 0 aliphatic carbocycles. The Morgan fingerprint density at radius 2 is 2.43 bits per heavy atom. The summed E-state index contributed by atoms with van der Waals surface area (Å²) in [7, 11) is 0. The molecule has 0 atom stereocenters. The zero-order valence-corrected chi connectivity index (χ0v) is 7.87. The van der Waals surface area contributed by atoms with Gasteiger partial charge in [-0.15, -0.1) is 0 Å². The minimum atomic E-state index is 0.000463. The number of fused-ring (bicyclic) bond motifs is 1. The molecule has 2 aromatic rings. The third-order valence-corrected chi connectivity index (χ3v) is 2.04. The molecule has 1 amide bonds. The van der Waals surface area contributed by atoms with Gasteiger partial charge in [-0.1, -0.05) is 13.0 Å². The van der Waals surface area contributed by atoms with Gasteiger partial charge in [0.25, 0.3) is 0 Å². The second-order valence-corrected chi connectivity index (χ2v) is 3.01. The van der Waals surface area contributed by atoms with Gasteiger partial charge >= 0.3 is 0 Å². The van der Waals surface area contributed by atoms with Gasteiger partial charge in [0.2, 0.25) is 5.91 Å². The number of carbonyl (C=O) groups is 1. The molecule has 4 heteroatoms. The Bertz CT molecular complexity index is 461. The van der Waals surface area contributed by atoms with Crippen LogP contribution >= 0.6 is 0 Å². The highest BCUT2D eigenvalue weighted by Gasteiger charge is 2.04. The maximum Gasteiger partial charge on any atom is 0.224 e. The number of carbonyl (C=O) groups excluding carboxylic acids is 1. The highest BCUT2D eigenvalue weighted by Crippen LogP contribution is 2.19. The number of benzene rings is 1. The van der Waals surface area contributed by atoms with E-state index in [1.807, 2.05) is 25.1 Å². The number of aromatic amines is 1. The van der Waals surface area contributed by atoms with Gasteiger partial charge in [-0.2, -0.15) is 0 Å². The lowest BCUT2D eigenvalue weighted by molar-refractivity contribution is -0.115. The fraction of sp³-hybridized carbons (Fsp3) is 0.200. The van der Waals surface area contributed by atoms with E-state index in [4.69, 9.17) is 0 Å². The van der Waals surface area contributed by atoms with Crippen molar-refractivity contribution in [2.45, 2.75) is 13.3 Å². The number of aromatic nitrogens is 2. The van der Waals surface area contributed by atoms with Crippen LogP contribution in [0.2, 0.25) is 0 Å². The second-order valence-electron chi connectivity index (χ2n) is 3.01. The number of nitrogens with one attached hydrogen (secondary N) is 2. The standard InChI is InChI=1S/C10H11N3O/c1-2-9(14)13-8-5-3-4-7-10(8)12-6-11-7/h3-6H,2H2,1H3,(H,11,12)(H,13,14). The summed E-state index contributed by atoms with van der Waals surface area (Å²) in [6.07, 6.45) is 2.09. The van der Waals surface area contributed by atoms with Crippen LogP contribution in [0.3, 0.4) is 0 Å². The molecule has 1 heterocycles. The zero-order chi connectivity index (χ0) is 9.97. The third kappa shape index (κ3) is 1.46. The number of imidazole rings is 1. The first-order valence-electron chi connectivity index (χ1n) is 4.53. The number of nitrogens with zero attached hydrogens (tertiary/aromatic N) is 1. The Balaban J connectivity index is 2.41. The van der Waals surface area contributed by atoms with Gasteiger partial charge in [0.15, 0.2) is 0 Å². The fourth-order valence-corrected chi connectivity index (χ4v) is 1.30. The molecule has 1 aromatic heterocycles.